The number of nitrogen functional groups attached to an aromatic ring is 1. The maximum absolute atomic E-state index is 5.94. The molecule has 0 fully saturated rings. The summed E-state index contributed by atoms with van der Waals surface area (Å²) in [6.45, 7) is 4.69. The number of nitrogens with zero attached hydrogens (tertiary/aromatic N) is 2. The van der Waals surface area contributed by atoms with Gasteiger partial charge < -0.3 is 10.3 Å². The van der Waals surface area contributed by atoms with Crippen LogP contribution in [-0.4, -0.2) is 9.55 Å². The van der Waals surface area contributed by atoms with Crippen molar-refractivity contribution in [3.63, 3.8) is 0 Å². The second-order valence-electron chi connectivity index (χ2n) is 3.25. The molecule has 0 amide bonds. The Bertz CT molecular complexity index is 344. The van der Waals surface area contributed by atoms with Crippen LogP contribution in [0.3, 0.4) is 0 Å². The molecule has 0 saturated heterocycles. The minimum Gasteiger partial charge on any atom is -0.384 e. The van der Waals surface area contributed by atoms with Crippen molar-refractivity contribution in [3.8, 4) is 12.3 Å². The zero-order valence-corrected chi connectivity index (χ0v) is 8.88. The fourth-order valence-electron chi connectivity index (χ4n) is 1.51. The SMILES string of the molecule is C#CCn1c(CCC)nc(CC)c1N. The first-order valence-corrected chi connectivity index (χ1v) is 5.01. The first-order valence-electron chi connectivity index (χ1n) is 5.01. The molecule has 0 unspecified atom stereocenters. The number of anilines is 1. The van der Waals surface area contributed by atoms with Gasteiger partial charge in [0.15, 0.2) is 0 Å². The lowest BCUT2D eigenvalue weighted by Gasteiger charge is -2.04. The van der Waals surface area contributed by atoms with Crippen molar-refractivity contribution in [2.75, 3.05) is 5.73 Å². The highest BCUT2D eigenvalue weighted by atomic mass is 15.1. The van der Waals surface area contributed by atoms with Crippen molar-refractivity contribution in [3.05, 3.63) is 11.5 Å². The van der Waals surface area contributed by atoms with E-state index in [9.17, 15) is 0 Å². The molecule has 0 spiro atoms. The molecule has 0 aliphatic carbocycles. The molecule has 1 aromatic rings. The van der Waals surface area contributed by atoms with E-state index in [0.29, 0.717) is 6.54 Å². The third-order valence-electron chi connectivity index (χ3n) is 2.22. The predicted octanol–water partition coefficient (Wildman–Crippen LogP) is 1.61. The second kappa shape index (κ2) is 4.71. The highest BCUT2D eigenvalue weighted by Gasteiger charge is 2.11. The monoisotopic (exact) mass is 191 g/mol. The number of hydrogen-bond acceptors (Lipinski definition) is 2. The minimum atomic E-state index is 0.522. The third-order valence-corrected chi connectivity index (χ3v) is 2.22. The van der Waals surface area contributed by atoms with Crippen LogP contribution in [0.1, 0.15) is 31.8 Å². The van der Waals surface area contributed by atoms with Crippen molar-refractivity contribution < 1.29 is 0 Å². The topological polar surface area (TPSA) is 43.8 Å². The number of hydrogen-bond donors (Lipinski definition) is 1. The summed E-state index contributed by atoms with van der Waals surface area (Å²) in [7, 11) is 0. The molecule has 76 valence electrons. The smallest absolute Gasteiger partial charge is 0.127 e. The molecule has 1 aromatic heterocycles. The molecule has 3 heteroatoms. The van der Waals surface area contributed by atoms with Crippen LogP contribution in [0.5, 0.6) is 0 Å². The van der Waals surface area contributed by atoms with Gasteiger partial charge in [0.25, 0.3) is 0 Å². The van der Waals surface area contributed by atoms with Gasteiger partial charge >= 0.3 is 0 Å². The van der Waals surface area contributed by atoms with E-state index < -0.39 is 0 Å². The lowest BCUT2D eigenvalue weighted by atomic mass is 10.3. The van der Waals surface area contributed by atoms with Crippen molar-refractivity contribution >= 4 is 5.82 Å². The van der Waals surface area contributed by atoms with Gasteiger partial charge in [-0.1, -0.05) is 19.8 Å². The van der Waals surface area contributed by atoms with Crippen LogP contribution in [0, 0.1) is 12.3 Å². The van der Waals surface area contributed by atoms with Crippen molar-refractivity contribution in [1.29, 1.82) is 0 Å². The van der Waals surface area contributed by atoms with E-state index in [0.717, 1.165) is 36.6 Å². The number of aryl methyl sites for hydroxylation is 2. The Morgan fingerprint density at radius 3 is 2.71 bits per heavy atom. The molecule has 0 aliphatic rings. The first-order chi connectivity index (χ1) is 6.74. The molecule has 14 heavy (non-hydrogen) atoms. The lowest BCUT2D eigenvalue weighted by Crippen LogP contribution is -2.06. The number of rotatable bonds is 4. The molecule has 3 nitrogen and oxygen atoms in total. The van der Waals surface area contributed by atoms with E-state index in [1.807, 2.05) is 4.57 Å². The molecule has 0 aliphatic heterocycles. The summed E-state index contributed by atoms with van der Waals surface area (Å²) < 4.78 is 1.93. The summed E-state index contributed by atoms with van der Waals surface area (Å²) in [5, 5.41) is 0. The largest absolute Gasteiger partial charge is 0.384 e. The molecular weight excluding hydrogens is 174 g/mol. The van der Waals surface area contributed by atoms with E-state index >= 15 is 0 Å². The quantitative estimate of drug-likeness (QED) is 0.735. The second-order valence-corrected chi connectivity index (χ2v) is 3.25. The minimum absolute atomic E-state index is 0.522. The van der Waals surface area contributed by atoms with Crippen LogP contribution in [0.2, 0.25) is 0 Å². The van der Waals surface area contributed by atoms with E-state index in [-0.39, 0.29) is 0 Å². The molecule has 1 heterocycles. The first kappa shape index (κ1) is 10.6. The van der Waals surface area contributed by atoms with Gasteiger partial charge in [0.1, 0.15) is 11.6 Å². The van der Waals surface area contributed by atoms with Gasteiger partial charge in [0.2, 0.25) is 0 Å². The summed E-state index contributed by atoms with van der Waals surface area (Å²) in [5.74, 6) is 4.35. The lowest BCUT2D eigenvalue weighted by molar-refractivity contribution is 0.732. The molecule has 0 atom stereocenters. The maximum Gasteiger partial charge on any atom is 0.127 e. The zero-order valence-electron chi connectivity index (χ0n) is 8.88. The summed E-state index contributed by atoms with van der Waals surface area (Å²) in [5.41, 5.74) is 6.90. The summed E-state index contributed by atoms with van der Waals surface area (Å²) >= 11 is 0. The highest BCUT2D eigenvalue weighted by Crippen LogP contribution is 2.16. The van der Waals surface area contributed by atoms with Gasteiger partial charge in [0, 0.05) is 6.42 Å². The Morgan fingerprint density at radius 1 is 1.50 bits per heavy atom. The standard InChI is InChI=1S/C11H17N3/c1-4-7-10-13-9(6-3)11(12)14(10)8-5-2/h2H,4,6-8,12H2,1,3H3. The summed E-state index contributed by atoms with van der Waals surface area (Å²) in [6.07, 6.45) is 8.15. The molecule has 0 saturated carbocycles. The zero-order chi connectivity index (χ0) is 10.6. The van der Waals surface area contributed by atoms with Crippen molar-refractivity contribution in [2.24, 2.45) is 0 Å². The van der Waals surface area contributed by atoms with E-state index in [1.54, 1.807) is 0 Å². The van der Waals surface area contributed by atoms with Gasteiger partial charge in [0.05, 0.1) is 12.2 Å². The maximum atomic E-state index is 5.94. The molecule has 0 aromatic carbocycles. The van der Waals surface area contributed by atoms with Crippen LogP contribution in [-0.2, 0) is 19.4 Å². The Kier molecular flexibility index (Phi) is 3.58. The van der Waals surface area contributed by atoms with Crippen LogP contribution in [0.4, 0.5) is 5.82 Å². The molecule has 2 N–H and O–H groups in total. The summed E-state index contributed by atoms with van der Waals surface area (Å²) in [6, 6.07) is 0. The van der Waals surface area contributed by atoms with E-state index in [4.69, 9.17) is 12.2 Å². The molecular formula is C11H17N3. The number of nitrogens with two attached hydrogens (primary N) is 1. The van der Waals surface area contributed by atoms with Gasteiger partial charge in [-0.3, -0.25) is 0 Å². The van der Waals surface area contributed by atoms with Gasteiger partial charge in [-0.25, -0.2) is 4.98 Å². The van der Waals surface area contributed by atoms with Gasteiger partial charge in [-0.15, -0.1) is 6.42 Å². The van der Waals surface area contributed by atoms with Crippen molar-refractivity contribution in [2.45, 2.75) is 39.7 Å². The van der Waals surface area contributed by atoms with Gasteiger partial charge in [-0.2, -0.15) is 0 Å². The van der Waals surface area contributed by atoms with Crippen LogP contribution in [0.15, 0.2) is 0 Å². The van der Waals surface area contributed by atoms with Crippen LogP contribution in [0.25, 0.3) is 0 Å². The Hall–Kier alpha value is -1.43. The van der Waals surface area contributed by atoms with Crippen molar-refractivity contribution in [1.82, 2.24) is 9.55 Å². The highest BCUT2D eigenvalue weighted by molar-refractivity contribution is 5.38. The average molecular weight is 191 g/mol. The Balaban J connectivity index is 3.07. The molecule has 0 bridgehead atoms. The van der Waals surface area contributed by atoms with Gasteiger partial charge in [-0.05, 0) is 12.8 Å². The normalized spacial score (nSPS) is 10.1. The predicted molar refractivity (Wildman–Crippen MR) is 58.8 cm³/mol. The summed E-state index contributed by atoms with van der Waals surface area (Å²) in [4.78, 5) is 4.48. The Morgan fingerprint density at radius 2 is 2.21 bits per heavy atom. The fraction of sp³-hybridized carbons (Fsp3) is 0.545. The average Bonchev–Trinajstić information content (AvgIpc) is 2.47. The molecule has 1 rings (SSSR count). The third kappa shape index (κ3) is 1.90. The van der Waals surface area contributed by atoms with Crippen LogP contribution < -0.4 is 5.73 Å². The van der Waals surface area contributed by atoms with E-state index in [2.05, 4.69) is 24.8 Å². The Labute approximate surface area is 85.3 Å². The van der Waals surface area contributed by atoms with E-state index in [1.165, 1.54) is 0 Å². The van der Waals surface area contributed by atoms with Crippen LogP contribution >= 0.6 is 0 Å². The number of imidazole rings is 1. The number of aromatic nitrogens is 2. The fourth-order valence-corrected chi connectivity index (χ4v) is 1.51. The number of terminal acetylenes is 1. The molecule has 0 radical (unpaired) electrons.